The number of fused-ring (bicyclic) bond motifs is 1. The van der Waals surface area contributed by atoms with E-state index in [1.807, 2.05) is 12.1 Å². The molecule has 0 aromatic heterocycles. The summed E-state index contributed by atoms with van der Waals surface area (Å²) in [6.07, 6.45) is 4.17. The van der Waals surface area contributed by atoms with E-state index < -0.39 is 10.0 Å². The minimum absolute atomic E-state index is 0.0415. The van der Waals surface area contributed by atoms with Crippen LogP contribution in [0.25, 0.3) is 0 Å². The molecular weight excluding hydrogens is 420 g/mol. The monoisotopic (exact) mass is 446 g/mol. The topological polar surface area (TPSA) is 66.5 Å². The van der Waals surface area contributed by atoms with Crippen molar-refractivity contribution in [3.05, 3.63) is 70.2 Å². The average molecular weight is 447 g/mol. The molecule has 1 saturated heterocycles. The van der Waals surface area contributed by atoms with Crippen molar-refractivity contribution in [2.24, 2.45) is 5.92 Å². The fourth-order valence-electron chi connectivity index (χ4n) is 4.49. The third-order valence-electron chi connectivity index (χ3n) is 6.20. The quantitative estimate of drug-likeness (QED) is 0.752. The zero-order valence-electron chi connectivity index (χ0n) is 16.9. The van der Waals surface area contributed by atoms with E-state index in [4.69, 9.17) is 11.6 Å². The largest absolute Gasteiger partial charge is 0.349 e. The van der Waals surface area contributed by atoms with Crippen molar-refractivity contribution < 1.29 is 13.2 Å². The van der Waals surface area contributed by atoms with E-state index in [2.05, 4.69) is 17.4 Å². The number of piperidine rings is 1. The van der Waals surface area contributed by atoms with Crippen LogP contribution in [0, 0.1) is 5.92 Å². The maximum atomic E-state index is 12.9. The highest BCUT2D eigenvalue weighted by Gasteiger charge is 2.32. The van der Waals surface area contributed by atoms with Gasteiger partial charge in [-0.05, 0) is 54.9 Å². The molecule has 0 spiro atoms. The van der Waals surface area contributed by atoms with Crippen LogP contribution in [-0.4, -0.2) is 31.7 Å². The van der Waals surface area contributed by atoms with E-state index in [-0.39, 0.29) is 23.6 Å². The molecule has 30 heavy (non-hydrogen) atoms. The van der Waals surface area contributed by atoms with Gasteiger partial charge in [-0.15, -0.1) is 0 Å². The molecule has 1 N–H and O–H groups in total. The molecule has 7 heteroatoms. The summed E-state index contributed by atoms with van der Waals surface area (Å²) in [5.41, 5.74) is 3.14. The average Bonchev–Trinajstić information content (AvgIpc) is 2.75. The molecule has 1 amide bonds. The van der Waals surface area contributed by atoms with Gasteiger partial charge in [-0.2, -0.15) is 0 Å². The van der Waals surface area contributed by atoms with Gasteiger partial charge in [0.1, 0.15) is 0 Å². The van der Waals surface area contributed by atoms with Gasteiger partial charge in [0.2, 0.25) is 15.9 Å². The predicted octanol–water partition coefficient (Wildman–Crippen LogP) is 4.08. The van der Waals surface area contributed by atoms with Gasteiger partial charge in [-0.3, -0.25) is 4.79 Å². The Bertz CT molecular complexity index is 1020. The lowest BCUT2D eigenvalue weighted by atomic mass is 9.87. The molecule has 0 radical (unpaired) electrons. The summed E-state index contributed by atoms with van der Waals surface area (Å²) in [5.74, 6) is -0.215. The number of sulfonamides is 1. The number of carbonyl (C=O) groups excluding carboxylic acids is 1. The van der Waals surface area contributed by atoms with Gasteiger partial charge in [0.15, 0.2) is 0 Å². The first-order chi connectivity index (χ1) is 14.4. The van der Waals surface area contributed by atoms with Crippen molar-refractivity contribution in [2.45, 2.75) is 43.9 Å². The summed E-state index contributed by atoms with van der Waals surface area (Å²) in [5, 5.41) is 3.68. The van der Waals surface area contributed by atoms with Crippen LogP contribution < -0.4 is 5.32 Å². The molecule has 0 unspecified atom stereocenters. The zero-order valence-corrected chi connectivity index (χ0v) is 18.5. The first-order valence-electron chi connectivity index (χ1n) is 10.5. The Hall–Kier alpha value is -1.89. The van der Waals surface area contributed by atoms with Gasteiger partial charge in [0.25, 0.3) is 0 Å². The van der Waals surface area contributed by atoms with Crippen molar-refractivity contribution in [1.82, 2.24) is 9.62 Å². The minimum Gasteiger partial charge on any atom is -0.349 e. The van der Waals surface area contributed by atoms with Crippen LogP contribution in [0.3, 0.4) is 0 Å². The maximum Gasteiger partial charge on any atom is 0.223 e. The maximum absolute atomic E-state index is 12.9. The molecule has 1 fully saturated rings. The Balaban J connectivity index is 1.34. The van der Waals surface area contributed by atoms with Gasteiger partial charge in [-0.25, -0.2) is 12.7 Å². The van der Waals surface area contributed by atoms with Crippen LogP contribution in [0.4, 0.5) is 0 Å². The highest BCUT2D eigenvalue weighted by atomic mass is 35.5. The summed E-state index contributed by atoms with van der Waals surface area (Å²) in [6, 6.07) is 15.4. The lowest BCUT2D eigenvalue weighted by molar-refractivity contribution is -0.127. The summed E-state index contributed by atoms with van der Waals surface area (Å²) < 4.78 is 27.1. The number of aryl methyl sites for hydroxylation is 1. The van der Waals surface area contributed by atoms with E-state index in [9.17, 15) is 13.2 Å². The third kappa shape index (κ3) is 4.71. The molecule has 4 rings (SSSR count). The van der Waals surface area contributed by atoms with Gasteiger partial charge >= 0.3 is 0 Å². The van der Waals surface area contributed by atoms with E-state index in [1.165, 1.54) is 15.4 Å². The van der Waals surface area contributed by atoms with E-state index in [0.29, 0.717) is 36.5 Å². The van der Waals surface area contributed by atoms with E-state index in [0.717, 1.165) is 19.3 Å². The van der Waals surface area contributed by atoms with Crippen molar-refractivity contribution >= 4 is 27.5 Å². The summed E-state index contributed by atoms with van der Waals surface area (Å²) in [7, 11) is -3.46. The zero-order chi connectivity index (χ0) is 21.1. The lowest BCUT2D eigenvalue weighted by Crippen LogP contribution is -2.44. The van der Waals surface area contributed by atoms with Crippen molar-refractivity contribution in [3.63, 3.8) is 0 Å². The second-order valence-corrected chi connectivity index (χ2v) is 10.5. The molecular formula is C23H27ClN2O3S. The molecule has 2 aromatic rings. The number of amides is 1. The van der Waals surface area contributed by atoms with Crippen LogP contribution in [0.15, 0.2) is 48.5 Å². The van der Waals surface area contributed by atoms with Gasteiger partial charge < -0.3 is 5.32 Å². The first-order valence-corrected chi connectivity index (χ1v) is 12.5. The first kappa shape index (κ1) is 21.3. The van der Waals surface area contributed by atoms with Crippen molar-refractivity contribution in [3.8, 4) is 0 Å². The van der Waals surface area contributed by atoms with Crippen molar-refractivity contribution in [1.29, 1.82) is 0 Å². The van der Waals surface area contributed by atoms with Gasteiger partial charge in [0.05, 0.1) is 11.8 Å². The summed E-state index contributed by atoms with van der Waals surface area (Å²) >= 11 is 6.13. The second-order valence-electron chi connectivity index (χ2n) is 8.17. The van der Waals surface area contributed by atoms with Gasteiger partial charge in [0, 0.05) is 24.0 Å². The second kappa shape index (κ2) is 9.08. The highest BCUT2D eigenvalue weighted by Crippen LogP contribution is 2.31. The van der Waals surface area contributed by atoms with Crippen molar-refractivity contribution in [2.75, 3.05) is 13.1 Å². The Morgan fingerprint density at radius 2 is 1.73 bits per heavy atom. The van der Waals surface area contributed by atoms with Gasteiger partial charge in [-0.1, -0.05) is 54.1 Å². The van der Waals surface area contributed by atoms with Crippen LogP contribution in [0.5, 0.6) is 0 Å². The lowest BCUT2D eigenvalue weighted by Gasteiger charge is -2.32. The molecule has 0 saturated carbocycles. The standard InChI is InChI=1S/C23H27ClN2O3S/c24-21-10-4-2-7-19(21)16-30(28,29)26-14-12-18(13-15-26)23(27)25-22-11-5-8-17-6-1-3-9-20(17)22/h1-4,6-7,9-10,18,22H,5,8,11-16H2,(H,25,27)/t22-/m0/s1. The number of carbonyl (C=O) groups is 1. The number of benzene rings is 2. The molecule has 2 aromatic carbocycles. The molecule has 160 valence electrons. The fraction of sp³-hybridized carbons (Fsp3) is 0.435. The highest BCUT2D eigenvalue weighted by molar-refractivity contribution is 7.88. The number of rotatable bonds is 5. The smallest absolute Gasteiger partial charge is 0.223 e. The van der Waals surface area contributed by atoms with E-state index in [1.54, 1.807) is 24.3 Å². The Morgan fingerprint density at radius 1 is 1.03 bits per heavy atom. The van der Waals surface area contributed by atoms with Crippen LogP contribution in [-0.2, 0) is 27.0 Å². The SMILES string of the molecule is O=C(N[C@H]1CCCc2ccccc21)C1CCN(S(=O)(=O)Cc2ccccc2Cl)CC1. The molecule has 0 bridgehead atoms. The fourth-order valence-corrected chi connectivity index (χ4v) is 6.37. The minimum atomic E-state index is -3.46. The number of hydrogen-bond donors (Lipinski definition) is 1. The Morgan fingerprint density at radius 3 is 2.50 bits per heavy atom. The molecule has 1 aliphatic heterocycles. The molecule has 2 aliphatic rings. The Labute approximate surface area is 183 Å². The number of nitrogens with zero attached hydrogens (tertiary/aromatic N) is 1. The molecule has 1 heterocycles. The molecule has 5 nitrogen and oxygen atoms in total. The summed E-state index contributed by atoms with van der Waals surface area (Å²) in [6.45, 7) is 0.734. The van der Waals surface area contributed by atoms with Crippen LogP contribution in [0.1, 0.15) is 48.4 Å². The normalized spacial score (nSPS) is 20.5. The van der Waals surface area contributed by atoms with Crippen LogP contribution in [0.2, 0.25) is 5.02 Å². The van der Waals surface area contributed by atoms with Crippen LogP contribution >= 0.6 is 11.6 Å². The number of halogens is 1. The van der Waals surface area contributed by atoms with E-state index >= 15 is 0 Å². The third-order valence-corrected chi connectivity index (χ3v) is 8.40. The predicted molar refractivity (Wildman–Crippen MR) is 119 cm³/mol. The number of nitrogens with one attached hydrogen (secondary N) is 1. The number of hydrogen-bond acceptors (Lipinski definition) is 3. The molecule has 1 aliphatic carbocycles. The Kier molecular flexibility index (Phi) is 6.46. The molecule has 1 atom stereocenters. The summed E-state index contributed by atoms with van der Waals surface area (Å²) in [4.78, 5) is 12.9.